The Morgan fingerprint density at radius 1 is 0.688 bits per heavy atom. The van der Waals surface area contributed by atoms with Crippen LogP contribution in [0.3, 0.4) is 0 Å². The monoisotopic (exact) mass is 706 g/mol. The van der Waals surface area contributed by atoms with Crippen molar-refractivity contribution in [2.75, 3.05) is 27.4 Å². The van der Waals surface area contributed by atoms with Crippen LogP contribution in [0.2, 0.25) is 0 Å². The second kappa shape index (κ2) is 14.2. The van der Waals surface area contributed by atoms with Gasteiger partial charge in [0.2, 0.25) is 0 Å². The number of aromatic nitrogens is 2. The van der Waals surface area contributed by atoms with Crippen molar-refractivity contribution in [1.82, 2.24) is 9.55 Å². The number of benzene rings is 5. The van der Waals surface area contributed by atoms with Gasteiger partial charge in [-0.15, -0.1) is 0 Å². The third-order valence-corrected chi connectivity index (χ3v) is 8.61. The molecular weight excluding hydrogens is 672 g/mol. The molecule has 7 aromatic rings. The van der Waals surface area contributed by atoms with Crippen molar-refractivity contribution in [2.24, 2.45) is 0 Å². The summed E-state index contributed by atoms with van der Waals surface area (Å²) in [5, 5.41) is 6.04. The maximum absolute atomic E-state index is 12.7. The van der Waals surface area contributed by atoms with Gasteiger partial charge in [-0.25, -0.2) is 9.59 Å². The Bertz CT molecular complexity index is 2290. The van der Waals surface area contributed by atoms with Gasteiger partial charge < -0.3 is 28.5 Å². The molecule has 8 nitrogen and oxygen atoms in total. The van der Waals surface area contributed by atoms with Gasteiger partial charge >= 0.3 is 11.9 Å². The summed E-state index contributed by atoms with van der Waals surface area (Å²) in [7, 11) is 3.28. The minimum Gasteiger partial charge on any atom is -0.496 e. The van der Waals surface area contributed by atoms with Gasteiger partial charge in [-0.2, -0.15) is 0 Å². The molecular formula is C39H35BrN2O6. The highest BCUT2D eigenvalue weighted by Gasteiger charge is 2.21. The SMILES string of the molecule is CCOC(=O)c1cc2c(OC)cc3ccccc3c2[nH]1.CCOC(=O)c1cc2c(OC)cc3ccccc3c2n1Cc1cccc(Br)c1. The molecule has 2 aromatic heterocycles. The Kier molecular flexibility index (Phi) is 9.68. The number of nitrogens with one attached hydrogen (secondary N) is 1. The van der Waals surface area contributed by atoms with Gasteiger partial charge in [0.15, 0.2) is 0 Å². The van der Waals surface area contributed by atoms with Crippen molar-refractivity contribution in [3.05, 3.63) is 118 Å². The van der Waals surface area contributed by atoms with E-state index in [0.29, 0.717) is 31.1 Å². The summed E-state index contributed by atoms with van der Waals surface area (Å²) in [4.78, 5) is 27.7. The smallest absolute Gasteiger partial charge is 0.354 e. The number of hydrogen-bond acceptors (Lipinski definition) is 6. The van der Waals surface area contributed by atoms with Crippen LogP contribution in [0.1, 0.15) is 40.4 Å². The number of fused-ring (bicyclic) bond motifs is 6. The van der Waals surface area contributed by atoms with E-state index in [1.165, 1.54) is 0 Å². The number of esters is 2. The van der Waals surface area contributed by atoms with Crippen LogP contribution in [0.5, 0.6) is 11.5 Å². The Hall–Kier alpha value is -5.28. The second-order valence-corrected chi connectivity index (χ2v) is 11.9. The lowest BCUT2D eigenvalue weighted by Crippen LogP contribution is -2.13. The minimum absolute atomic E-state index is 0.328. The van der Waals surface area contributed by atoms with Crippen LogP contribution in [0, 0.1) is 0 Å². The van der Waals surface area contributed by atoms with Crippen LogP contribution >= 0.6 is 15.9 Å². The van der Waals surface area contributed by atoms with Gasteiger partial charge in [-0.1, -0.05) is 76.6 Å². The number of rotatable bonds is 8. The first-order valence-corrected chi connectivity index (χ1v) is 16.4. The molecule has 0 radical (unpaired) electrons. The molecule has 0 aliphatic rings. The molecule has 0 aliphatic heterocycles. The lowest BCUT2D eigenvalue weighted by Gasteiger charge is -2.13. The molecule has 0 fully saturated rings. The number of methoxy groups -OCH3 is 2. The minimum atomic E-state index is -0.352. The average molecular weight is 708 g/mol. The van der Waals surface area contributed by atoms with E-state index in [0.717, 1.165) is 64.9 Å². The predicted molar refractivity (Wildman–Crippen MR) is 194 cm³/mol. The number of carbonyl (C=O) groups is 2. The summed E-state index contributed by atoms with van der Waals surface area (Å²) in [5.41, 5.74) is 3.91. The van der Waals surface area contributed by atoms with Crippen LogP contribution in [-0.4, -0.2) is 48.9 Å². The number of ether oxygens (including phenoxy) is 4. The summed E-state index contributed by atoms with van der Waals surface area (Å²) < 4.78 is 24.5. The second-order valence-electron chi connectivity index (χ2n) is 11.0. The van der Waals surface area contributed by atoms with E-state index >= 15 is 0 Å². The van der Waals surface area contributed by atoms with Gasteiger partial charge in [-0.3, -0.25) is 0 Å². The number of H-pyrrole nitrogens is 1. The van der Waals surface area contributed by atoms with Crippen LogP contribution < -0.4 is 9.47 Å². The molecule has 9 heteroatoms. The summed E-state index contributed by atoms with van der Waals surface area (Å²) in [5.74, 6) is 0.799. The number of hydrogen-bond donors (Lipinski definition) is 1. The molecule has 1 N–H and O–H groups in total. The summed E-state index contributed by atoms with van der Waals surface area (Å²) in [6.45, 7) is 4.83. The highest BCUT2D eigenvalue weighted by atomic mass is 79.9. The van der Waals surface area contributed by atoms with E-state index in [2.05, 4.69) is 39.1 Å². The molecule has 0 amide bonds. The molecule has 244 valence electrons. The van der Waals surface area contributed by atoms with Crippen LogP contribution in [-0.2, 0) is 16.0 Å². The Morgan fingerprint density at radius 2 is 1.31 bits per heavy atom. The molecule has 2 heterocycles. The number of carbonyl (C=O) groups excluding carboxylic acids is 2. The maximum atomic E-state index is 12.7. The molecule has 7 rings (SSSR count). The first-order chi connectivity index (χ1) is 23.4. The average Bonchev–Trinajstić information content (AvgIpc) is 3.72. The van der Waals surface area contributed by atoms with Gasteiger partial charge in [0, 0.05) is 32.6 Å². The lowest BCUT2D eigenvalue weighted by molar-refractivity contribution is 0.0508. The quantitative estimate of drug-likeness (QED) is 0.158. The number of nitrogens with zero attached hydrogens (tertiary/aromatic N) is 1. The Morgan fingerprint density at radius 3 is 1.98 bits per heavy atom. The molecule has 0 saturated heterocycles. The van der Waals surface area contributed by atoms with Crippen molar-refractivity contribution in [3.8, 4) is 11.5 Å². The summed E-state index contributed by atoms with van der Waals surface area (Å²) in [6, 6.07) is 31.8. The van der Waals surface area contributed by atoms with E-state index in [-0.39, 0.29) is 11.9 Å². The molecule has 48 heavy (non-hydrogen) atoms. The topological polar surface area (TPSA) is 91.8 Å². The van der Waals surface area contributed by atoms with Crippen molar-refractivity contribution in [2.45, 2.75) is 20.4 Å². The van der Waals surface area contributed by atoms with E-state index < -0.39 is 0 Å². The summed E-state index contributed by atoms with van der Waals surface area (Å²) in [6.07, 6.45) is 0. The van der Waals surface area contributed by atoms with Gasteiger partial charge in [0.25, 0.3) is 0 Å². The molecule has 5 aromatic carbocycles. The zero-order chi connectivity index (χ0) is 33.8. The van der Waals surface area contributed by atoms with E-state index in [1.807, 2.05) is 84.3 Å². The molecule has 0 unspecified atom stereocenters. The van der Waals surface area contributed by atoms with Crippen LogP contribution in [0.15, 0.2) is 102 Å². The zero-order valence-electron chi connectivity index (χ0n) is 27.1. The molecule has 0 aliphatic carbocycles. The molecule has 0 atom stereocenters. The summed E-state index contributed by atoms with van der Waals surface area (Å²) >= 11 is 3.53. The Labute approximate surface area is 286 Å². The fraction of sp³-hybridized carbons (Fsp3) is 0.179. The first-order valence-electron chi connectivity index (χ1n) is 15.6. The first kappa shape index (κ1) is 32.7. The standard InChI is InChI=1S/C23H20BrNO3.C16H15NO3/c1-3-28-23(26)20-13-19-21(27-2)12-16-8-4-5-10-18(16)22(19)25(20)14-15-7-6-9-17(24)11-15;1-3-20-16(18)13-9-12-14(19-2)8-10-6-4-5-7-11(10)15(12)17-13/h4-13H,3,14H2,1-2H3;4-9,17H,3H2,1-2H3. The van der Waals surface area contributed by atoms with E-state index in [9.17, 15) is 9.59 Å². The van der Waals surface area contributed by atoms with Crippen molar-refractivity contribution in [3.63, 3.8) is 0 Å². The number of halogens is 1. The molecule has 0 bridgehead atoms. The number of aromatic amines is 1. The zero-order valence-corrected chi connectivity index (χ0v) is 28.7. The highest BCUT2D eigenvalue weighted by Crippen LogP contribution is 2.37. The van der Waals surface area contributed by atoms with Gasteiger partial charge in [-0.05, 0) is 66.6 Å². The van der Waals surface area contributed by atoms with Crippen LogP contribution in [0.4, 0.5) is 0 Å². The molecule has 0 saturated carbocycles. The van der Waals surface area contributed by atoms with Gasteiger partial charge in [0.05, 0.1) is 38.5 Å². The lowest BCUT2D eigenvalue weighted by atomic mass is 10.1. The fourth-order valence-electron chi connectivity index (χ4n) is 6.03. The van der Waals surface area contributed by atoms with Crippen molar-refractivity contribution in [1.29, 1.82) is 0 Å². The predicted octanol–water partition coefficient (Wildman–Crippen LogP) is 9.30. The third-order valence-electron chi connectivity index (χ3n) is 8.11. The maximum Gasteiger partial charge on any atom is 0.354 e. The largest absolute Gasteiger partial charge is 0.496 e. The van der Waals surface area contributed by atoms with Gasteiger partial charge in [0.1, 0.15) is 22.9 Å². The normalized spacial score (nSPS) is 11.0. The van der Waals surface area contributed by atoms with Crippen molar-refractivity contribution >= 4 is 71.2 Å². The van der Waals surface area contributed by atoms with E-state index in [1.54, 1.807) is 27.2 Å². The molecule has 0 spiro atoms. The van der Waals surface area contributed by atoms with E-state index in [4.69, 9.17) is 18.9 Å². The Balaban J connectivity index is 0.000000177. The van der Waals surface area contributed by atoms with Crippen molar-refractivity contribution < 1.29 is 28.5 Å². The third kappa shape index (κ3) is 6.33. The highest BCUT2D eigenvalue weighted by molar-refractivity contribution is 9.10. The fourth-order valence-corrected chi connectivity index (χ4v) is 6.48. The van der Waals surface area contributed by atoms with Crippen LogP contribution in [0.25, 0.3) is 43.4 Å².